The molecule has 16 nitrogen and oxygen atoms in total. The van der Waals surface area contributed by atoms with Crippen LogP contribution < -0.4 is 10.6 Å². The molecule has 0 rings (SSSR count). The summed E-state index contributed by atoms with van der Waals surface area (Å²) in [7, 11) is 1.55. The lowest BCUT2D eigenvalue weighted by Gasteiger charge is -2.09. The van der Waals surface area contributed by atoms with Crippen LogP contribution in [-0.4, -0.2) is 169 Å². The zero-order chi connectivity index (χ0) is 38.4. The van der Waals surface area contributed by atoms with E-state index in [0.717, 1.165) is 0 Å². The third kappa shape index (κ3) is 50.1. The SMILES string of the molecule is CCCCCCCC.CNC(=O)CCNC(=O)CCOCCOCCOCCOCCOCCOCCOCCOCCOCCOCCC(=O)O. The molecule has 0 saturated carbocycles. The molecule has 0 radical (unpaired) electrons. The molecule has 0 saturated heterocycles. The number of aliphatic carboxylic acids is 1. The van der Waals surface area contributed by atoms with Crippen LogP contribution in [0.4, 0.5) is 0 Å². The van der Waals surface area contributed by atoms with Gasteiger partial charge >= 0.3 is 5.97 Å². The van der Waals surface area contributed by atoms with Crippen molar-refractivity contribution in [1.82, 2.24) is 10.6 Å². The number of rotatable bonds is 41. The van der Waals surface area contributed by atoms with E-state index in [-0.39, 0.29) is 37.7 Å². The fourth-order valence-corrected chi connectivity index (χ4v) is 3.79. The Morgan fingerprint density at radius 1 is 0.404 bits per heavy atom. The Hall–Kier alpha value is -1.99. The van der Waals surface area contributed by atoms with Gasteiger partial charge in [0.25, 0.3) is 0 Å². The third-order valence-electron chi connectivity index (χ3n) is 6.69. The first-order valence-corrected chi connectivity index (χ1v) is 18.9. The number of ether oxygens (including phenoxy) is 10. The second-order valence-corrected chi connectivity index (χ2v) is 11.2. The maximum atomic E-state index is 11.6. The van der Waals surface area contributed by atoms with Crippen LogP contribution in [0.2, 0.25) is 0 Å². The number of carboxylic acid groups (broad SMARTS) is 1. The molecule has 0 aliphatic heterocycles. The maximum Gasteiger partial charge on any atom is 0.305 e. The van der Waals surface area contributed by atoms with Gasteiger partial charge in [-0.3, -0.25) is 14.4 Å². The number of unbranched alkanes of at least 4 members (excludes halogenated alkanes) is 5. The van der Waals surface area contributed by atoms with E-state index in [9.17, 15) is 14.4 Å². The number of carboxylic acids is 1. The number of hydrogen-bond acceptors (Lipinski definition) is 13. The summed E-state index contributed by atoms with van der Waals surface area (Å²) < 4.78 is 53.7. The van der Waals surface area contributed by atoms with Gasteiger partial charge in [-0.1, -0.05) is 52.4 Å². The second-order valence-electron chi connectivity index (χ2n) is 11.2. The van der Waals surface area contributed by atoms with Crippen LogP contribution in [0.5, 0.6) is 0 Å². The van der Waals surface area contributed by atoms with Crippen molar-refractivity contribution in [2.75, 3.05) is 146 Å². The van der Waals surface area contributed by atoms with Gasteiger partial charge in [0, 0.05) is 26.4 Å². The summed E-state index contributed by atoms with van der Waals surface area (Å²) in [6, 6.07) is 0. The van der Waals surface area contributed by atoms with Gasteiger partial charge in [-0.15, -0.1) is 0 Å². The summed E-state index contributed by atoms with van der Waals surface area (Å²) in [6.07, 6.45) is 8.97. The summed E-state index contributed by atoms with van der Waals surface area (Å²) in [5.41, 5.74) is 0. The molecule has 0 aromatic carbocycles. The van der Waals surface area contributed by atoms with E-state index in [1.54, 1.807) is 7.05 Å². The van der Waals surface area contributed by atoms with E-state index in [1.165, 1.54) is 38.5 Å². The molecule has 310 valence electrons. The molecular weight excluding hydrogens is 684 g/mol. The van der Waals surface area contributed by atoms with Gasteiger partial charge in [0.15, 0.2) is 0 Å². The van der Waals surface area contributed by atoms with Crippen molar-refractivity contribution < 1.29 is 66.9 Å². The number of hydrogen-bond donors (Lipinski definition) is 3. The van der Waals surface area contributed by atoms with Gasteiger partial charge < -0.3 is 63.1 Å². The lowest BCUT2D eigenvalue weighted by atomic mass is 10.1. The van der Waals surface area contributed by atoms with Crippen LogP contribution in [0, 0.1) is 0 Å². The molecule has 2 amide bonds. The Morgan fingerprint density at radius 2 is 0.692 bits per heavy atom. The average Bonchev–Trinajstić information content (AvgIpc) is 3.14. The van der Waals surface area contributed by atoms with Crippen molar-refractivity contribution in [3.05, 3.63) is 0 Å². The van der Waals surface area contributed by atoms with Crippen molar-refractivity contribution in [2.45, 2.75) is 71.6 Å². The second kappa shape index (κ2) is 47.0. The Bertz CT molecular complexity index is 746. The Kier molecular flexibility index (Phi) is 47.1. The fourth-order valence-electron chi connectivity index (χ4n) is 3.79. The van der Waals surface area contributed by atoms with E-state index < -0.39 is 5.97 Å². The average molecular weight is 757 g/mol. The van der Waals surface area contributed by atoms with Gasteiger partial charge in [0.2, 0.25) is 11.8 Å². The molecular formula is C36H72N2O14. The smallest absolute Gasteiger partial charge is 0.305 e. The first kappa shape index (κ1) is 52.1. The summed E-state index contributed by atoms with van der Waals surface area (Å²) in [4.78, 5) is 33.0. The molecule has 0 spiro atoms. The summed E-state index contributed by atoms with van der Waals surface area (Å²) in [6.45, 7) is 13.3. The lowest BCUT2D eigenvalue weighted by Crippen LogP contribution is -2.29. The molecule has 16 heteroatoms. The molecule has 0 heterocycles. The van der Waals surface area contributed by atoms with Crippen LogP contribution in [0.25, 0.3) is 0 Å². The fraction of sp³-hybridized carbons (Fsp3) is 0.917. The molecule has 0 fully saturated rings. The summed E-state index contributed by atoms with van der Waals surface area (Å²) >= 11 is 0. The number of carbonyl (C=O) groups is 3. The normalized spacial score (nSPS) is 10.9. The van der Waals surface area contributed by atoms with E-state index in [4.69, 9.17) is 52.5 Å². The van der Waals surface area contributed by atoms with Crippen molar-refractivity contribution in [3.8, 4) is 0 Å². The summed E-state index contributed by atoms with van der Waals surface area (Å²) in [5.74, 6) is -1.15. The van der Waals surface area contributed by atoms with Gasteiger partial charge in [-0.2, -0.15) is 0 Å². The van der Waals surface area contributed by atoms with E-state index in [1.807, 2.05) is 0 Å². The van der Waals surface area contributed by atoms with E-state index in [0.29, 0.717) is 132 Å². The largest absolute Gasteiger partial charge is 0.481 e. The highest BCUT2D eigenvalue weighted by Gasteiger charge is 2.03. The standard InChI is InChI=1S/C28H54N2O14.C8H18/c1-29-26(31)2-5-30-27(32)3-6-35-8-10-37-12-14-39-16-18-41-20-22-43-24-25-44-23-21-42-19-17-40-15-13-38-11-9-36-7-4-28(33)34;1-3-5-7-8-6-4-2/h2-25H2,1H3,(H,29,31)(H,30,32)(H,33,34);3-8H2,1-2H3. The van der Waals surface area contributed by atoms with Gasteiger partial charge in [0.1, 0.15) is 0 Å². The third-order valence-corrected chi connectivity index (χ3v) is 6.69. The van der Waals surface area contributed by atoms with Crippen LogP contribution in [-0.2, 0) is 61.8 Å². The van der Waals surface area contributed by atoms with Gasteiger partial charge in [-0.25, -0.2) is 0 Å². The highest BCUT2D eigenvalue weighted by atomic mass is 16.6. The Balaban J connectivity index is 0. The number of amides is 2. The summed E-state index contributed by atoms with van der Waals surface area (Å²) in [5, 5.41) is 13.6. The molecule has 0 aliphatic carbocycles. The van der Waals surface area contributed by atoms with Gasteiger partial charge in [0.05, 0.1) is 139 Å². The minimum Gasteiger partial charge on any atom is -0.481 e. The molecule has 3 N–H and O–H groups in total. The molecule has 0 bridgehead atoms. The highest BCUT2D eigenvalue weighted by Crippen LogP contribution is 2.03. The number of nitrogens with one attached hydrogen (secondary N) is 2. The van der Waals surface area contributed by atoms with Crippen molar-refractivity contribution in [2.24, 2.45) is 0 Å². The first-order chi connectivity index (χ1) is 25.5. The minimum atomic E-state index is -0.879. The quantitative estimate of drug-likeness (QED) is 0.0773. The maximum absolute atomic E-state index is 11.6. The van der Waals surface area contributed by atoms with Crippen molar-refractivity contribution in [1.29, 1.82) is 0 Å². The molecule has 0 aromatic rings. The van der Waals surface area contributed by atoms with Crippen LogP contribution in [0.1, 0.15) is 71.6 Å². The topological polar surface area (TPSA) is 188 Å². The van der Waals surface area contributed by atoms with Crippen LogP contribution in [0.3, 0.4) is 0 Å². The minimum absolute atomic E-state index is 0.00790. The monoisotopic (exact) mass is 756 g/mol. The Morgan fingerprint density at radius 3 is 0.962 bits per heavy atom. The highest BCUT2D eigenvalue weighted by molar-refractivity contribution is 5.78. The lowest BCUT2D eigenvalue weighted by molar-refractivity contribution is -0.138. The molecule has 0 unspecified atom stereocenters. The predicted octanol–water partition coefficient (Wildman–Crippen LogP) is 2.64. The van der Waals surface area contributed by atoms with Crippen molar-refractivity contribution >= 4 is 17.8 Å². The molecule has 52 heavy (non-hydrogen) atoms. The van der Waals surface area contributed by atoms with Crippen LogP contribution >= 0.6 is 0 Å². The van der Waals surface area contributed by atoms with Crippen molar-refractivity contribution in [3.63, 3.8) is 0 Å². The van der Waals surface area contributed by atoms with Gasteiger partial charge in [-0.05, 0) is 0 Å². The van der Waals surface area contributed by atoms with E-state index >= 15 is 0 Å². The zero-order valence-corrected chi connectivity index (χ0v) is 32.5. The molecule has 0 aliphatic rings. The molecule has 0 aromatic heterocycles. The van der Waals surface area contributed by atoms with E-state index in [2.05, 4.69) is 24.5 Å². The van der Waals surface area contributed by atoms with Crippen LogP contribution in [0.15, 0.2) is 0 Å². The predicted molar refractivity (Wildman–Crippen MR) is 196 cm³/mol. The number of carbonyl (C=O) groups excluding carboxylic acids is 2. The molecule has 0 atom stereocenters. The first-order valence-electron chi connectivity index (χ1n) is 18.9. The Labute approximate surface area is 312 Å². The zero-order valence-electron chi connectivity index (χ0n) is 32.5.